The smallest absolute Gasteiger partial charge is 0.276 e. The third-order valence-electron chi connectivity index (χ3n) is 4.24. The van der Waals surface area contributed by atoms with Crippen molar-refractivity contribution in [3.05, 3.63) is 29.1 Å². The number of ether oxygens (including phenoxy) is 1. The van der Waals surface area contributed by atoms with Crippen molar-refractivity contribution in [1.29, 1.82) is 0 Å². The third-order valence-corrected chi connectivity index (χ3v) is 4.24. The maximum absolute atomic E-state index is 11.5. The van der Waals surface area contributed by atoms with Gasteiger partial charge in [0.1, 0.15) is 0 Å². The van der Waals surface area contributed by atoms with Crippen molar-refractivity contribution in [2.24, 2.45) is 0 Å². The second-order valence-corrected chi connectivity index (χ2v) is 5.40. The lowest BCUT2D eigenvalue weighted by Crippen LogP contribution is -2.55. The highest BCUT2D eigenvalue weighted by molar-refractivity contribution is 5.93. The van der Waals surface area contributed by atoms with Crippen molar-refractivity contribution in [2.75, 3.05) is 13.2 Å². The summed E-state index contributed by atoms with van der Waals surface area (Å²) in [6.07, 6.45) is 3.51. The normalized spacial score (nSPS) is 23.0. The van der Waals surface area contributed by atoms with Gasteiger partial charge in [-0.05, 0) is 18.1 Å². The van der Waals surface area contributed by atoms with E-state index in [0.717, 1.165) is 43.9 Å². The van der Waals surface area contributed by atoms with E-state index in [0.29, 0.717) is 17.6 Å². The van der Waals surface area contributed by atoms with Crippen LogP contribution in [0.2, 0.25) is 0 Å². The lowest BCUT2D eigenvalue weighted by atomic mass is 9.93. The fraction of sp³-hybridized carbons (Fsp3) is 0.571. The molecular weight excluding hydrogens is 258 g/mol. The van der Waals surface area contributed by atoms with Crippen LogP contribution in [-0.2, 0) is 17.7 Å². The predicted molar refractivity (Wildman–Crippen MR) is 71.4 cm³/mol. The third kappa shape index (κ3) is 2.30. The van der Waals surface area contributed by atoms with Crippen molar-refractivity contribution in [3.8, 4) is 0 Å². The minimum Gasteiger partial charge on any atom is -0.378 e. The Hall–Kier alpha value is -1.50. The predicted octanol–water partition coefficient (Wildman–Crippen LogP) is 0.736. The first-order valence-electron chi connectivity index (χ1n) is 6.98. The van der Waals surface area contributed by atoms with Crippen molar-refractivity contribution in [3.63, 3.8) is 0 Å². The van der Waals surface area contributed by atoms with Crippen LogP contribution in [0, 0.1) is 0 Å². The highest BCUT2D eigenvalue weighted by atomic mass is 16.5. The van der Waals surface area contributed by atoms with E-state index >= 15 is 0 Å². The van der Waals surface area contributed by atoms with Crippen LogP contribution < -0.4 is 5.48 Å². The van der Waals surface area contributed by atoms with Crippen molar-refractivity contribution < 1.29 is 14.7 Å². The van der Waals surface area contributed by atoms with Crippen LogP contribution in [0.4, 0.5) is 0 Å². The van der Waals surface area contributed by atoms with E-state index in [1.807, 2.05) is 6.07 Å². The summed E-state index contributed by atoms with van der Waals surface area (Å²) < 4.78 is 5.29. The quantitative estimate of drug-likeness (QED) is 0.629. The molecule has 1 aromatic heterocycles. The van der Waals surface area contributed by atoms with Gasteiger partial charge >= 0.3 is 0 Å². The summed E-state index contributed by atoms with van der Waals surface area (Å²) in [5.74, 6) is -0.517. The van der Waals surface area contributed by atoms with Gasteiger partial charge in [-0.3, -0.25) is 19.9 Å². The first kappa shape index (κ1) is 13.5. The molecule has 6 nitrogen and oxygen atoms in total. The molecule has 0 bridgehead atoms. The Morgan fingerprint density at radius 3 is 3.00 bits per heavy atom. The zero-order chi connectivity index (χ0) is 14.1. The van der Waals surface area contributed by atoms with Gasteiger partial charge < -0.3 is 4.74 Å². The minimum atomic E-state index is -0.517. The highest BCUT2D eigenvalue weighted by Gasteiger charge is 2.34. The van der Waals surface area contributed by atoms with Gasteiger partial charge in [0.2, 0.25) is 0 Å². The van der Waals surface area contributed by atoms with Gasteiger partial charge in [0.25, 0.3) is 5.91 Å². The molecular formula is C14H19N3O3. The molecule has 0 aliphatic carbocycles. The second-order valence-electron chi connectivity index (χ2n) is 5.40. The van der Waals surface area contributed by atoms with Crippen molar-refractivity contribution >= 4 is 5.91 Å². The molecule has 2 aliphatic rings. The maximum atomic E-state index is 11.5. The number of pyridine rings is 1. The largest absolute Gasteiger partial charge is 0.378 e. The number of nitrogens with zero attached hydrogens (tertiary/aromatic N) is 2. The number of fused-ring (bicyclic) bond motifs is 1. The van der Waals surface area contributed by atoms with Gasteiger partial charge in [-0.2, -0.15) is 0 Å². The van der Waals surface area contributed by atoms with E-state index in [2.05, 4.69) is 16.8 Å². The van der Waals surface area contributed by atoms with Gasteiger partial charge in [0.15, 0.2) is 0 Å². The van der Waals surface area contributed by atoms with Gasteiger partial charge in [-0.1, -0.05) is 6.92 Å². The second kappa shape index (κ2) is 5.47. The first-order chi connectivity index (χ1) is 9.72. The fourth-order valence-corrected chi connectivity index (χ4v) is 2.94. The average Bonchev–Trinajstić information content (AvgIpc) is 2.43. The molecule has 108 valence electrons. The van der Waals surface area contributed by atoms with E-state index in [9.17, 15) is 4.79 Å². The number of carbonyl (C=O) groups excluding carboxylic acids is 1. The molecule has 1 fully saturated rings. The van der Waals surface area contributed by atoms with Crippen LogP contribution in [-0.4, -0.2) is 46.3 Å². The molecule has 0 unspecified atom stereocenters. The number of aromatic nitrogens is 1. The van der Waals surface area contributed by atoms with Crippen molar-refractivity contribution in [1.82, 2.24) is 15.4 Å². The van der Waals surface area contributed by atoms with Crippen LogP contribution in [0.15, 0.2) is 12.3 Å². The highest BCUT2D eigenvalue weighted by Crippen LogP contribution is 2.28. The summed E-state index contributed by atoms with van der Waals surface area (Å²) in [5, 5.41) is 8.71. The molecule has 0 radical (unpaired) electrons. The van der Waals surface area contributed by atoms with Gasteiger partial charge in [0, 0.05) is 30.9 Å². The van der Waals surface area contributed by atoms with Crippen LogP contribution in [0.25, 0.3) is 0 Å². The van der Waals surface area contributed by atoms with Crippen LogP contribution >= 0.6 is 0 Å². The summed E-state index contributed by atoms with van der Waals surface area (Å²) in [6, 6.07) is 2.79. The fourth-order valence-electron chi connectivity index (χ4n) is 2.94. The number of hydroxylamine groups is 1. The van der Waals surface area contributed by atoms with Crippen molar-refractivity contribution in [2.45, 2.75) is 38.4 Å². The molecule has 3 rings (SSSR count). The van der Waals surface area contributed by atoms with Crippen LogP contribution in [0.3, 0.4) is 0 Å². The number of hydrogen-bond donors (Lipinski definition) is 2. The molecule has 1 atom stereocenters. The molecule has 1 saturated heterocycles. The lowest BCUT2D eigenvalue weighted by Gasteiger charge is -2.44. The standard InChI is InChI=1S/C14H19N3O3/c1-2-11-4-13-10(6-17(11)12-7-20-8-12)3-9(5-15-13)14(18)16-19/h3,5,11-12,19H,2,4,6-8H2,1H3,(H,16,18)/t11-/m0/s1. The lowest BCUT2D eigenvalue weighted by molar-refractivity contribution is -0.0864. The number of nitrogens with one attached hydrogen (secondary N) is 1. The molecule has 1 aromatic rings. The van der Waals surface area contributed by atoms with E-state index < -0.39 is 5.91 Å². The van der Waals surface area contributed by atoms with Gasteiger partial charge in [-0.15, -0.1) is 0 Å². The Balaban J connectivity index is 1.87. The van der Waals surface area contributed by atoms with Crippen LogP contribution in [0.5, 0.6) is 0 Å². The molecule has 0 spiro atoms. The summed E-state index contributed by atoms with van der Waals surface area (Å²) in [5.41, 5.74) is 4.18. The van der Waals surface area contributed by atoms with Crippen LogP contribution in [0.1, 0.15) is 35.0 Å². The Morgan fingerprint density at radius 1 is 1.60 bits per heavy atom. The molecule has 2 N–H and O–H groups in total. The zero-order valence-corrected chi connectivity index (χ0v) is 11.5. The molecule has 3 heterocycles. The summed E-state index contributed by atoms with van der Waals surface area (Å²) in [4.78, 5) is 18.3. The number of amides is 1. The molecule has 20 heavy (non-hydrogen) atoms. The topological polar surface area (TPSA) is 74.7 Å². The monoisotopic (exact) mass is 277 g/mol. The van der Waals surface area contributed by atoms with Gasteiger partial charge in [0.05, 0.1) is 24.8 Å². The molecule has 6 heteroatoms. The van der Waals surface area contributed by atoms with E-state index in [1.54, 1.807) is 5.48 Å². The zero-order valence-electron chi connectivity index (χ0n) is 11.5. The molecule has 0 saturated carbocycles. The Bertz CT molecular complexity index is 516. The van der Waals surface area contributed by atoms with Gasteiger partial charge in [-0.25, -0.2) is 5.48 Å². The number of hydrogen-bond acceptors (Lipinski definition) is 5. The number of carbonyl (C=O) groups is 1. The summed E-state index contributed by atoms with van der Waals surface area (Å²) >= 11 is 0. The summed E-state index contributed by atoms with van der Waals surface area (Å²) in [7, 11) is 0. The molecule has 0 aromatic carbocycles. The molecule has 2 aliphatic heterocycles. The molecule has 1 amide bonds. The first-order valence-corrected chi connectivity index (χ1v) is 6.98. The summed E-state index contributed by atoms with van der Waals surface area (Å²) in [6.45, 7) is 4.56. The Labute approximate surface area is 117 Å². The van der Waals surface area contributed by atoms with E-state index in [1.165, 1.54) is 6.20 Å². The van der Waals surface area contributed by atoms with E-state index in [-0.39, 0.29) is 0 Å². The maximum Gasteiger partial charge on any atom is 0.276 e. The number of rotatable bonds is 3. The Kier molecular flexibility index (Phi) is 3.69. The minimum absolute atomic E-state index is 0.394. The SMILES string of the molecule is CC[C@H]1Cc2ncc(C(=O)NO)cc2CN1C1COC1. The average molecular weight is 277 g/mol. The van der Waals surface area contributed by atoms with E-state index in [4.69, 9.17) is 9.94 Å². The Morgan fingerprint density at radius 2 is 2.40 bits per heavy atom.